The lowest BCUT2D eigenvalue weighted by atomic mass is 10.2. The highest BCUT2D eigenvalue weighted by Gasteiger charge is 2.17. The Hall–Kier alpha value is -3.04. The molecule has 0 aliphatic rings. The summed E-state index contributed by atoms with van der Waals surface area (Å²) in [6.45, 7) is 1.87. The second-order valence-corrected chi connectivity index (χ2v) is 5.11. The van der Waals surface area contributed by atoms with Crippen molar-refractivity contribution < 1.29 is 28.9 Å². The van der Waals surface area contributed by atoms with Gasteiger partial charge in [0.05, 0.1) is 35.4 Å². The van der Waals surface area contributed by atoms with E-state index in [2.05, 4.69) is 0 Å². The van der Waals surface area contributed by atoms with Crippen molar-refractivity contribution in [2.75, 3.05) is 6.61 Å². The van der Waals surface area contributed by atoms with Gasteiger partial charge in [0, 0.05) is 17.7 Å². The molecular weight excluding hydrogens is 336 g/mol. The van der Waals surface area contributed by atoms with Gasteiger partial charge >= 0.3 is 11.9 Å². The molecule has 0 radical (unpaired) electrons. The lowest BCUT2D eigenvalue weighted by Crippen LogP contribution is -2.11. The third-order valence-corrected chi connectivity index (χ3v) is 3.08. The quantitative estimate of drug-likeness (QED) is 0.270. The third-order valence-electron chi connectivity index (χ3n) is 3.08. The number of hydrogen-bond donors (Lipinski definition) is 0. The maximum atomic E-state index is 11.6. The minimum atomic E-state index is -0.773. The lowest BCUT2D eigenvalue weighted by molar-refractivity contribution is -0.394. The first-order chi connectivity index (χ1) is 11.8. The van der Waals surface area contributed by atoms with Gasteiger partial charge in [-0.25, -0.2) is 0 Å². The number of carbonyl (C=O) groups is 2. The number of carbonyl (C=O) groups excluding carboxylic acids is 2. The molecule has 0 saturated carbocycles. The van der Waals surface area contributed by atoms with E-state index in [0.717, 1.165) is 31.0 Å². The van der Waals surface area contributed by atoms with Crippen LogP contribution < -0.4 is 0 Å². The zero-order valence-electron chi connectivity index (χ0n) is 13.6. The van der Waals surface area contributed by atoms with Crippen molar-refractivity contribution in [2.24, 2.45) is 0 Å². The Morgan fingerprint density at radius 3 is 1.96 bits per heavy atom. The number of rotatable bonds is 10. The Morgan fingerprint density at radius 1 is 0.960 bits per heavy atom. The summed E-state index contributed by atoms with van der Waals surface area (Å²) in [4.78, 5) is 43.0. The van der Waals surface area contributed by atoms with Gasteiger partial charge in [-0.05, 0) is 6.42 Å². The zero-order chi connectivity index (χ0) is 18.8. The number of unbranched alkanes of at least 4 members (excludes halogenated alkanes) is 1. The van der Waals surface area contributed by atoms with Gasteiger partial charge < -0.3 is 9.47 Å². The molecule has 25 heavy (non-hydrogen) atoms. The van der Waals surface area contributed by atoms with Crippen LogP contribution in [0.25, 0.3) is 0 Å². The molecule has 0 spiro atoms. The Morgan fingerprint density at radius 2 is 1.48 bits per heavy atom. The zero-order valence-corrected chi connectivity index (χ0v) is 13.6. The highest BCUT2D eigenvalue weighted by Crippen LogP contribution is 2.23. The second-order valence-electron chi connectivity index (χ2n) is 5.11. The van der Waals surface area contributed by atoms with E-state index in [4.69, 9.17) is 9.47 Å². The number of benzene rings is 1. The molecule has 10 nitrogen and oxygen atoms in total. The van der Waals surface area contributed by atoms with Crippen LogP contribution in [-0.4, -0.2) is 28.4 Å². The van der Waals surface area contributed by atoms with Crippen LogP contribution in [0, 0.1) is 20.2 Å². The van der Waals surface area contributed by atoms with Crippen LogP contribution in [0.3, 0.4) is 0 Å². The molecule has 0 aliphatic carbocycles. The highest BCUT2D eigenvalue weighted by molar-refractivity contribution is 5.77. The van der Waals surface area contributed by atoms with E-state index in [1.54, 1.807) is 0 Å². The van der Waals surface area contributed by atoms with E-state index in [1.807, 2.05) is 6.92 Å². The van der Waals surface area contributed by atoms with Crippen molar-refractivity contribution in [3.8, 4) is 0 Å². The van der Waals surface area contributed by atoms with Crippen molar-refractivity contribution in [3.63, 3.8) is 0 Å². The fourth-order valence-electron chi connectivity index (χ4n) is 1.79. The molecule has 0 fully saturated rings. The number of nitro groups is 2. The van der Waals surface area contributed by atoms with Crippen molar-refractivity contribution in [3.05, 3.63) is 44.0 Å². The van der Waals surface area contributed by atoms with Gasteiger partial charge in [-0.1, -0.05) is 13.3 Å². The Bertz CT molecular complexity index is 627. The molecule has 0 atom stereocenters. The topological polar surface area (TPSA) is 139 Å². The molecule has 1 aromatic rings. The molecular formula is C15H18N2O8. The van der Waals surface area contributed by atoms with Crippen molar-refractivity contribution in [2.45, 2.75) is 39.2 Å². The number of non-ortho nitro benzene ring substituents is 2. The minimum absolute atomic E-state index is 0.111. The molecule has 0 unspecified atom stereocenters. The SMILES string of the molecule is CCCCOC(=O)CCC(=O)OCc1cc([N+](=O)[O-])cc([N+](=O)[O-])c1. The molecule has 1 rings (SSSR count). The van der Waals surface area contributed by atoms with Gasteiger partial charge in [0.2, 0.25) is 0 Å². The molecule has 0 N–H and O–H groups in total. The van der Waals surface area contributed by atoms with Crippen molar-refractivity contribution >= 4 is 23.3 Å². The molecule has 0 heterocycles. The Kier molecular flexibility index (Phi) is 7.97. The normalized spacial score (nSPS) is 10.1. The molecule has 0 saturated heterocycles. The van der Waals surface area contributed by atoms with E-state index < -0.39 is 33.2 Å². The van der Waals surface area contributed by atoms with E-state index in [1.165, 1.54) is 0 Å². The monoisotopic (exact) mass is 354 g/mol. The lowest BCUT2D eigenvalue weighted by Gasteiger charge is -2.06. The molecule has 0 bridgehead atoms. The van der Waals surface area contributed by atoms with Gasteiger partial charge in [0.25, 0.3) is 11.4 Å². The summed E-state index contributed by atoms with van der Waals surface area (Å²) in [5.74, 6) is -1.22. The summed E-state index contributed by atoms with van der Waals surface area (Å²) in [5, 5.41) is 21.6. The molecule has 1 aromatic carbocycles. The summed E-state index contributed by atoms with van der Waals surface area (Å²) >= 11 is 0. The number of esters is 2. The summed E-state index contributed by atoms with van der Waals surface area (Å²) in [7, 11) is 0. The van der Waals surface area contributed by atoms with Crippen LogP contribution in [0.2, 0.25) is 0 Å². The van der Waals surface area contributed by atoms with Gasteiger partial charge in [0.1, 0.15) is 6.61 Å². The first-order valence-corrected chi connectivity index (χ1v) is 7.57. The second kappa shape index (κ2) is 9.96. The van der Waals surface area contributed by atoms with Crippen LogP contribution in [0.4, 0.5) is 11.4 Å². The number of ether oxygens (including phenoxy) is 2. The van der Waals surface area contributed by atoms with E-state index in [9.17, 15) is 29.8 Å². The maximum absolute atomic E-state index is 11.6. The van der Waals surface area contributed by atoms with Crippen molar-refractivity contribution in [1.29, 1.82) is 0 Å². The number of nitrogens with zero attached hydrogens (tertiary/aromatic N) is 2. The molecule has 0 aromatic heterocycles. The predicted octanol–water partition coefficient (Wildman–Crippen LogP) is 2.67. The maximum Gasteiger partial charge on any atom is 0.306 e. The first-order valence-electron chi connectivity index (χ1n) is 7.57. The Balaban J connectivity index is 2.54. The van der Waals surface area contributed by atoms with E-state index in [-0.39, 0.29) is 25.0 Å². The first kappa shape index (κ1) is 20.0. The minimum Gasteiger partial charge on any atom is -0.466 e. The van der Waals surface area contributed by atoms with Crippen LogP contribution in [-0.2, 0) is 25.7 Å². The number of nitro benzene ring substituents is 2. The fraction of sp³-hybridized carbons (Fsp3) is 0.467. The molecule has 0 aliphatic heterocycles. The standard InChI is InChI=1S/C15H18N2O8/c1-2-3-6-24-14(18)4-5-15(19)25-10-11-7-12(16(20)21)9-13(8-11)17(22)23/h7-9H,2-6,10H2,1H3. The van der Waals surface area contributed by atoms with Gasteiger partial charge in [-0.2, -0.15) is 0 Å². The van der Waals surface area contributed by atoms with Crippen molar-refractivity contribution in [1.82, 2.24) is 0 Å². The fourth-order valence-corrected chi connectivity index (χ4v) is 1.79. The molecule has 136 valence electrons. The summed E-state index contributed by atoms with van der Waals surface area (Å²) in [6, 6.07) is 2.98. The van der Waals surface area contributed by atoms with E-state index in [0.29, 0.717) is 6.61 Å². The molecule has 0 amide bonds. The van der Waals surface area contributed by atoms with E-state index >= 15 is 0 Å². The highest BCUT2D eigenvalue weighted by atomic mass is 16.6. The van der Waals surface area contributed by atoms with Gasteiger partial charge in [0.15, 0.2) is 0 Å². The Labute approximate surface area is 143 Å². The van der Waals surface area contributed by atoms with Gasteiger partial charge in [-0.3, -0.25) is 29.8 Å². The molecule has 10 heteroatoms. The summed E-state index contributed by atoms with van der Waals surface area (Å²) < 4.78 is 9.76. The smallest absolute Gasteiger partial charge is 0.306 e. The van der Waals surface area contributed by atoms with Gasteiger partial charge in [-0.15, -0.1) is 0 Å². The largest absolute Gasteiger partial charge is 0.466 e. The summed E-state index contributed by atoms with van der Waals surface area (Å²) in [6.07, 6.45) is 1.27. The average molecular weight is 354 g/mol. The average Bonchev–Trinajstić information content (AvgIpc) is 2.58. The third kappa shape index (κ3) is 7.38. The summed E-state index contributed by atoms with van der Waals surface area (Å²) in [5.41, 5.74) is -0.834. The van der Waals surface area contributed by atoms with Crippen LogP contribution in [0.1, 0.15) is 38.2 Å². The number of hydrogen-bond acceptors (Lipinski definition) is 8. The van der Waals surface area contributed by atoms with Crippen LogP contribution in [0.5, 0.6) is 0 Å². The van der Waals surface area contributed by atoms with Crippen LogP contribution in [0.15, 0.2) is 18.2 Å². The van der Waals surface area contributed by atoms with Crippen LogP contribution >= 0.6 is 0 Å². The predicted molar refractivity (Wildman–Crippen MR) is 84.6 cm³/mol.